The number of para-hydroxylation sites is 1. The molecule has 7 N–H and O–H groups in total. The van der Waals surface area contributed by atoms with Crippen molar-refractivity contribution in [1.29, 1.82) is 0 Å². The van der Waals surface area contributed by atoms with Gasteiger partial charge in [0, 0.05) is 23.5 Å². The van der Waals surface area contributed by atoms with Crippen LogP contribution in [0.1, 0.15) is 32.8 Å². The van der Waals surface area contributed by atoms with Crippen molar-refractivity contribution in [2.75, 3.05) is 6.54 Å². The van der Waals surface area contributed by atoms with Crippen molar-refractivity contribution in [3.05, 3.63) is 36.0 Å². The summed E-state index contributed by atoms with van der Waals surface area (Å²) in [5, 5.41) is 17.4. The number of carboxylic acid groups (broad SMARTS) is 1. The van der Waals surface area contributed by atoms with Crippen LogP contribution in [0.15, 0.2) is 30.5 Å². The average Bonchev–Trinajstić information content (AvgIpc) is 3.13. The molecule has 0 spiro atoms. The Morgan fingerprint density at radius 2 is 1.66 bits per heavy atom. The van der Waals surface area contributed by atoms with E-state index in [-0.39, 0.29) is 12.3 Å². The minimum Gasteiger partial charge on any atom is -0.480 e. The molecule has 0 unspecified atom stereocenters. The number of carbonyl (C=O) groups excluding carboxylic acids is 3. The van der Waals surface area contributed by atoms with E-state index in [1.165, 1.54) is 6.92 Å². The molecule has 0 saturated carbocycles. The zero-order chi connectivity index (χ0) is 23.8. The fraction of sp³-hybridized carbons (Fsp3) is 0.455. The Balaban J connectivity index is 2.24. The predicted molar refractivity (Wildman–Crippen MR) is 120 cm³/mol. The van der Waals surface area contributed by atoms with Crippen molar-refractivity contribution in [2.24, 2.45) is 11.7 Å². The van der Waals surface area contributed by atoms with Gasteiger partial charge in [0.25, 0.3) is 0 Å². The molecule has 174 valence electrons. The summed E-state index contributed by atoms with van der Waals surface area (Å²) in [4.78, 5) is 51.8. The number of carboxylic acids is 1. The standard InChI is InChI=1S/C22H31N5O5/c1-12(2)8-17(26-20(30)13(3)23)22(32)27-18(21(31)25-11-19(28)29)9-14-10-24-16-7-5-4-6-15(14)16/h4-7,10,12-13,17-18,24H,8-9,11,23H2,1-3H3,(H,25,31)(H,26,30)(H,27,32)(H,28,29)/t13-,17-,18-/m0/s1. The Morgan fingerprint density at radius 3 is 2.28 bits per heavy atom. The first-order valence-electron chi connectivity index (χ1n) is 10.5. The minimum absolute atomic E-state index is 0.0898. The van der Waals surface area contributed by atoms with Crippen LogP contribution in [0.25, 0.3) is 10.9 Å². The number of hydrogen-bond donors (Lipinski definition) is 6. The zero-order valence-corrected chi connectivity index (χ0v) is 18.5. The molecule has 10 nitrogen and oxygen atoms in total. The monoisotopic (exact) mass is 445 g/mol. The number of aliphatic carboxylic acids is 1. The molecular weight excluding hydrogens is 414 g/mol. The summed E-state index contributed by atoms with van der Waals surface area (Å²) in [5.41, 5.74) is 7.27. The number of carbonyl (C=O) groups is 4. The Labute approximate surface area is 186 Å². The van der Waals surface area contributed by atoms with Crippen LogP contribution in [-0.4, -0.2) is 58.5 Å². The molecular formula is C22H31N5O5. The van der Waals surface area contributed by atoms with Crippen molar-refractivity contribution < 1.29 is 24.3 Å². The van der Waals surface area contributed by atoms with E-state index in [1.54, 1.807) is 6.20 Å². The zero-order valence-electron chi connectivity index (χ0n) is 18.5. The molecule has 0 saturated heterocycles. The average molecular weight is 446 g/mol. The number of hydrogen-bond acceptors (Lipinski definition) is 5. The van der Waals surface area contributed by atoms with Gasteiger partial charge in [0.1, 0.15) is 18.6 Å². The molecule has 3 amide bonds. The van der Waals surface area contributed by atoms with E-state index in [2.05, 4.69) is 20.9 Å². The number of nitrogens with two attached hydrogens (primary N) is 1. The van der Waals surface area contributed by atoms with Crippen molar-refractivity contribution >= 4 is 34.6 Å². The van der Waals surface area contributed by atoms with Crippen molar-refractivity contribution in [1.82, 2.24) is 20.9 Å². The van der Waals surface area contributed by atoms with E-state index >= 15 is 0 Å². The molecule has 10 heteroatoms. The molecule has 32 heavy (non-hydrogen) atoms. The molecule has 3 atom stereocenters. The second-order valence-corrected chi connectivity index (χ2v) is 8.22. The molecule has 1 aromatic heterocycles. The first-order chi connectivity index (χ1) is 15.1. The van der Waals surface area contributed by atoms with Gasteiger partial charge in [-0.2, -0.15) is 0 Å². The highest BCUT2D eigenvalue weighted by Crippen LogP contribution is 2.19. The number of nitrogens with one attached hydrogen (secondary N) is 4. The Bertz CT molecular complexity index is 969. The highest BCUT2D eigenvalue weighted by Gasteiger charge is 2.29. The topological polar surface area (TPSA) is 166 Å². The molecule has 0 fully saturated rings. The second kappa shape index (κ2) is 11.3. The molecule has 1 heterocycles. The first-order valence-corrected chi connectivity index (χ1v) is 10.5. The molecule has 2 rings (SSSR count). The van der Waals surface area contributed by atoms with Crippen LogP contribution in [-0.2, 0) is 25.6 Å². The molecule has 0 aliphatic heterocycles. The SMILES string of the molecule is CC(C)C[C@H](NC(=O)[C@H](C)N)C(=O)N[C@@H](Cc1c[nH]c2ccccc12)C(=O)NCC(=O)O. The lowest BCUT2D eigenvalue weighted by Gasteiger charge is -2.24. The fourth-order valence-electron chi connectivity index (χ4n) is 3.29. The smallest absolute Gasteiger partial charge is 0.322 e. The van der Waals surface area contributed by atoms with Gasteiger partial charge >= 0.3 is 5.97 Å². The lowest BCUT2D eigenvalue weighted by Crippen LogP contribution is -2.56. The molecule has 0 radical (unpaired) electrons. The van der Waals surface area contributed by atoms with Crippen LogP contribution in [0, 0.1) is 5.92 Å². The number of fused-ring (bicyclic) bond motifs is 1. The van der Waals surface area contributed by atoms with E-state index in [9.17, 15) is 19.2 Å². The number of H-pyrrole nitrogens is 1. The molecule has 2 aromatic rings. The number of aromatic amines is 1. The van der Waals surface area contributed by atoms with Gasteiger partial charge < -0.3 is 31.8 Å². The highest BCUT2D eigenvalue weighted by atomic mass is 16.4. The third kappa shape index (κ3) is 7.09. The number of amides is 3. The number of aromatic nitrogens is 1. The molecule has 0 aliphatic rings. The second-order valence-electron chi connectivity index (χ2n) is 8.22. The summed E-state index contributed by atoms with van der Waals surface area (Å²) in [6.45, 7) is 4.75. The fourth-order valence-corrected chi connectivity index (χ4v) is 3.29. The summed E-state index contributed by atoms with van der Waals surface area (Å²) >= 11 is 0. The van der Waals surface area contributed by atoms with Crippen LogP contribution >= 0.6 is 0 Å². The van der Waals surface area contributed by atoms with Gasteiger partial charge in [0.05, 0.1) is 6.04 Å². The van der Waals surface area contributed by atoms with Gasteiger partial charge in [-0.25, -0.2) is 0 Å². The lowest BCUT2D eigenvalue weighted by molar-refractivity contribution is -0.138. The maximum absolute atomic E-state index is 13.0. The van der Waals surface area contributed by atoms with Crippen LogP contribution in [0.4, 0.5) is 0 Å². The number of benzene rings is 1. The van der Waals surface area contributed by atoms with Crippen LogP contribution < -0.4 is 21.7 Å². The van der Waals surface area contributed by atoms with E-state index in [4.69, 9.17) is 10.8 Å². The maximum atomic E-state index is 13.0. The van der Waals surface area contributed by atoms with Crippen molar-refractivity contribution in [3.8, 4) is 0 Å². The van der Waals surface area contributed by atoms with Gasteiger partial charge in [0.15, 0.2) is 0 Å². The third-order valence-electron chi connectivity index (χ3n) is 4.90. The van der Waals surface area contributed by atoms with Gasteiger partial charge in [0.2, 0.25) is 17.7 Å². The Hall–Kier alpha value is -3.40. The van der Waals surface area contributed by atoms with E-state index < -0.39 is 48.4 Å². The minimum atomic E-state index is -1.20. The molecule has 1 aromatic carbocycles. The Morgan fingerprint density at radius 1 is 1.00 bits per heavy atom. The van der Waals surface area contributed by atoms with Crippen molar-refractivity contribution in [2.45, 2.75) is 51.7 Å². The normalized spacial score (nSPS) is 13.9. The predicted octanol–water partition coefficient (Wildman–Crippen LogP) is 0.274. The summed E-state index contributed by atoms with van der Waals surface area (Å²) in [6.07, 6.45) is 2.23. The molecule has 0 aliphatic carbocycles. The largest absolute Gasteiger partial charge is 0.480 e. The first kappa shape index (κ1) is 24.9. The van der Waals surface area contributed by atoms with Crippen LogP contribution in [0.2, 0.25) is 0 Å². The van der Waals surface area contributed by atoms with Gasteiger partial charge in [-0.15, -0.1) is 0 Å². The van der Waals surface area contributed by atoms with Gasteiger partial charge in [-0.3, -0.25) is 19.2 Å². The van der Waals surface area contributed by atoms with Gasteiger partial charge in [-0.05, 0) is 30.9 Å². The summed E-state index contributed by atoms with van der Waals surface area (Å²) in [6, 6.07) is 4.80. The van der Waals surface area contributed by atoms with E-state index in [0.717, 1.165) is 16.5 Å². The summed E-state index contributed by atoms with van der Waals surface area (Å²) < 4.78 is 0. The maximum Gasteiger partial charge on any atom is 0.322 e. The molecule has 0 bridgehead atoms. The summed E-state index contributed by atoms with van der Waals surface area (Å²) in [7, 11) is 0. The quantitative estimate of drug-likeness (QED) is 0.290. The number of rotatable bonds is 11. The third-order valence-corrected chi connectivity index (χ3v) is 4.90. The lowest BCUT2D eigenvalue weighted by atomic mass is 10.0. The van der Waals surface area contributed by atoms with Crippen molar-refractivity contribution in [3.63, 3.8) is 0 Å². The van der Waals surface area contributed by atoms with Crippen LogP contribution in [0.3, 0.4) is 0 Å². The highest BCUT2D eigenvalue weighted by molar-refractivity contribution is 5.94. The van der Waals surface area contributed by atoms with E-state index in [0.29, 0.717) is 6.42 Å². The Kier molecular flexibility index (Phi) is 8.77. The van der Waals surface area contributed by atoms with E-state index in [1.807, 2.05) is 38.1 Å². The van der Waals surface area contributed by atoms with Crippen LogP contribution in [0.5, 0.6) is 0 Å². The van der Waals surface area contributed by atoms with Gasteiger partial charge in [-0.1, -0.05) is 32.0 Å². The summed E-state index contributed by atoms with van der Waals surface area (Å²) in [5.74, 6) is -2.75.